The van der Waals surface area contributed by atoms with E-state index >= 15 is 0 Å². The third-order valence-corrected chi connectivity index (χ3v) is 4.50. The molecule has 0 unspecified atom stereocenters. The van der Waals surface area contributed by atoms with Crippen LogP contribution in [0.1, 0.15) is 25.3 Å². The molecule has 2 aromatic carbocycles. The predicted octanol–water partition coefficient (Wildman–Crippen LogP) is 3.84. The second-order valence-electron chi connectivity index (χ2n) is 6.41. The van der Waals surface area contributed by atoms with E-state index in [1.807, 2.05) is 36.1 Å². The van der Waals surface area contributed by atoms with Crippen LogP contribution in [-0.2, 0) is 11.2 Å². The summed E-state index contributed by atoms with van der Waals surface area (Å²) in [4.78, 5) is 14.4. The van der Waals surface area contributed by atoms with Gasteiger partial charge in [-0.1, -0.05) is 12.1 Å². The summed E-state index contributed by atoms with van der Waals surface area (Å²) in [5.74, 6) is 1.36. The number of hydrogen-bond donors (Lipinski definition) is 0. The molecule has 0 spiro atoms. The molecule has 26 heavy (non-hydrogen) atoms. The van der Waals surface area contributed by atoms with E-state index < -0.39 is 0 Å². The van der Waals surface area contributed by atoms with E-state index in [2.05, 4.69) is 0 Å². The number of carbonyl (C=O) groups excluding carboxylic acids is 1. The summed E-state index contributed by atoms with van der Waals surface area (Å²) in [7, 11) is 0. The lowest BCUT2D eigenvalue weighted by Crippen LogP contribution is -2.42. The fourth-order valence-corrected chi connectivity index (χ4v) is 3.09. The number of hydrogen-bond acceptors (Lipinski definition) is 3. The molecule has 1 heterocycles. The van der Waals surface area contributed by atoms with Crippen LogP contribution in [0, 0.1) is 5.82 Å². The number of benzene rings is 2. The second kappa shape index (κ2) is 8.70. The molecular formula is C21H24FNO3. The summed E-state index contributed by atoms with van der Waals surface area (Å²) >= 11 is 0. The number of rotatable bonds is 6. The van der Waals surface area contributed by atoms with Gasteiger partial charge in [0.1, 0.15) is 23.4 Å². The summed E-state index contributed by atoms with van der Waals surface area (Å²) in [5, 5.41) is 0. The van der Waals surface area contributed by atoms with Crippen LogP contribution in [0.3, 0.4) is 0 Å². The Labute approximate surface area is 153 Å². The third-order valence-electron chi connectivity index (χ3n) is 4.50. The number of amides is 1. The van der Waals surface area contributed by atoms with Gasteiger partial charge >= 0.3 is 0 Å². The lowest BCUT2D eigenvalue weighted by atomic mass is 10.1. The Bertz CT molecular complexity index is 707. The van der Waals surface area contributed by atoms with Crippen molar-refractivity contribution in [1.82, 2.24) is 4.90 Å². The molecular weight excluding hydrogens is 333 g/mol. The molecule has 1 aliphatic rings. The fraction of sp³-hybridized carbons (Fsp3) is 0.381. The molecule has 0 atom stereocenters. The maximum Gasteiger partial charge on any atom is 0.226 e. The van der Waals surface area contributed by atoms with Gasteiger partial charge in [0.15, 0.2) is 0 Å². The first-order valence-corrected chi connectivity index (χ1v) is 9.06. The molecule has 0 saturated carbocycles. The van der Waals surface area contributed by atoms with E-state index in [0.29, 0.717) is 31.9 Å². The maximum absolute atomic E-state index is 12.9. The molecule has 0 radical (unpaired) electrons. The molecule has 0 N–H and O–H groups in total. The minimum Gasteiger partial charge on any atom is -0.494 e. The maximum atomic E-state index is 12.9. The first-order valence-electron chi connectivity index (χ1n) is 9.06. The van der Waals surface area contributed by atoms with Gasteiger partial charge in [0, 0.05) is 25.9 Å². The Kier molecular flexibility index (Phi) is 6.10. The van der Waals surface area contributed by atoms with Gasteiger partial charge in [-0.2, -0.15) is 0 Å². The van der Waals surface area contributed by atoms with Gasteiger partial charge in [0.25, 0.3) is 0 Å². The highest BCUT2D eigenvalue weighted by atomic mass is 19.1. The normalized spacial score (nSPS) is 14.9. The van der Waals surface area contributed by atoms with Gasteiger partial charge in [-0.25, -0.2) is 4.39 Å². The Hall–Kier alpha value is -2.56. The molecule has 0 aromatic heterocycles. The van der Waals surface area contributed by atoms with E-state index in [1.165, 1.54) is 12.1 Å². The lowest BCUT2D eigenvalue weighted by Gasteiger charge is -2.32. The summed E-state index contributed by atoms with van der Waals surface area (Å²) in [6, 6.07) is 13.7. The lowest BCUT2D eigenvalue weighted by molar-refractivity contribution is -0.132. The molecule has 138 valence electrons. The van der Waals surface area contributed by atoms with Crippen molar-refractivity contribution in [2.24, 2.45) is 0 Å². The molecule has 0 aliphatic carbocycles. The number of carbonyl (C=O) groups is 1. The van der Waals surface area contributed by atoms with Crippen molar-refractivity contribution < 1.29 is 18.7 Å². The number of likely N-dealkylation sites (tertiary alicyclic amines) is 1. The van der Waals surface area contributed by atoms with E-state index in [9.17, 15) is 9.18 Å². The Morgan fingerprint density at radius 2 is 1.65 bits per heavy atom. The van der Waals surface area contributed by atoms with Gasteiger partial charge in [0.05, 0.1) is 13.0 Å². The van der Waals surface area contributed by atoms with Crippen LogP contribution in [0.2, 0.25) is 0 Å². The van der Waals surface area contributed by atoms with Crippen LogP contribution < -0.4 is 9.47 Å². The molecule has 2 aromatic rings. The highest BCUT2D eigenvalue weighted by molar-refractivity contribution is 5.78. The first kappa shape index (κ1) is 18.2. The van der Waals surface area contributed by atoms with E-state index in [0.717, 1.165) is 24.2 Å². The van der Waals surface area contributed by atoms with Crippen molar-refractivity contribution in [3.63, 3.8) is 0 Å². The largest absolute Gasteiger partial charge is 0.494 e. The standard InChI is InChI=1S/C21H24FNO3/c1-2-25-18-7-3-16(4-8-18)15-21(24)23-13-11-20(12-14-23)26-19-9-5-17(22)6-10-19/h3-10,20H,2,11-15H2,1H3. The number of piperidine rings is 1. The molecule has 3 rings (SSSR count). The van der Waals surface area contributed by atoms with Crippen molar-refractivity contribution >= 4 is 5.91 Å². The summed E-state index contributed by atoms with van der Waals surface area (Å²) in [5.41, 5.74) is 0.989. The van der Waals surface area contributed by atoms with Crippen LogP contribution in [-0.4, -0.2) is 36.6 Å². The summed E-state index contributed by atoms with van der Waals surface area (Å²) in [6.07, 6.45) is 2.03. The topological polar surface area (TPSA) is 38.8 Å². The van der Waals surface area contributed by atoms with Gasteiger partial charge in [-0.3, -0.25) is 4.79 Å². The average molecular weight is 357 g/mol. The zero-order valence-electron chi connectivity index (χ0n) is 15.0. The minimum absolute atomic E-state index is 0.0648. The van der Waals surface area contributed by atoms with Crippen molar-refractivity contribution in [3.8, 4) is 11.5 Å². The molecule has 4 nitrogen and oxygen atoms in total. The van der Waals surface area contributed by atoms with Crippen molar-refractivity contribution in [1.29, 1.82) is 0 Å². The van der Waals surface area contributed by atoms with Gasteiger partial charge in [0.2, 0.25) is 5.91 Å². The highest BCUT2D eigenvalue weighted by Gasteiger charge is 2.24. The molecule has 0 bridgehead atoms. The number of ether oxygens (including phenoxy) is 2. The van der Waals surface area contributed by atoms with Gasteiger partial charge < -0.3 is 14.4 Å². The monoisotopic (exact) mass is 357 g/mol. The molecule has 5 heteroatoms. The Morgan fingerprint density at radius 3 is 2.27 bits per heavy atom. The van der Waals surface area contributed by atoms with E-state index in [1.54, 1.807) is 12.1 Å². The van der Waals surface area contributed by atoms with Crippen LogP contribution >= 0.6 is 0 Å². The zero-order chi connectivity index (χ0) is 18.4. The third kappa shape index (κ3) is 4.97. The van der Waals surface area contributed by atoms with E-state index in [4.69, 9.17) is 9.47 Å². The van der Waals surface area contributed by atoms with Gasteiger partial charge in [-0.05, 0) is 48.9 Å². The van der Waals surface area contributed by atoms with Crippen LogP contribution in [0.25, 0.3) is 0 Å². The van der Waals surface area contributed by atoms with Crippen LogP contribution in [0.15, 0.2) is 48.5 Å². The quantitative estimate of drug-likeness (QED) is 0.789. The van der Waals surface area contributed by atoms with Crippen molar-refractivity contribution in [3.05, 3.63) is 59.9 Å². The fourth-order valence-electron chi connectivity index (χ4n) is 3.09. The summed E-state index contributed by atoms with van der Waals surface area (Å²) in [6.45, 7) is 3.94. The second-order valence-corrected chi connectivity index (χ2v) is 6.41. The van der Waals surface area contributed by atoms with Crippen molar-refractivity contribution in [2.75, 3.05) is 19.7 Å². The summed E-state index contributed by atoms with van der Waals surface area (Å²) < 4.78 is 24.2. The zero-order valence-corrected chi connectivity index (χ0v) is 15.0. The predicted molar refractivity (Wildman–Crippen MR) is 97.9 cm³/mol. The molecule has 1 amide bonds. The minimum atomic E-state index is -0.271. The Morgan fingerprint density at radius 1 is 1.04 bits per heavy atom. The number of nitrogens with zero attached hydrogens (tertiary/aromatic N) is 1. The first-order chi connectivity index (χ1) is 12.6. The van der Waals surface area contributed by atoms with Crippen molar-refractivity contribution in [2.45, 2.75) is 32.3 Å². The van der Waals surface area contributed by atoms with Crippen LogP contribution in [0.4, 0.5) is 4.39 Å². The number of halogens is 1. The van der Waals surface area contributed by atoms with E-state index in [-0.39, 0.29) is 17.8 Å². The molecule has 1 fully saturated rings. The SMILES string of the molecule is CCOc1ccc(CC(=O)N2CCC(Oc3ccc(F)cc3)CC2)cc1. The Balaban J connectivity index is 1.46. The van der Waals surface area contributed by atoms with Gasteiger partial charge in [-0.15, -0.1) is 0 Å². The average Bonchev–Trinajstić information content (AvgIpc) is 2.66. The molecule has 1 saturated heterocycles. The molecule has 1 aliphatic heterocycles. The highest BCUT2D eigenvalue weighted by Crippen LogP contribution is 2.20. The van der Waals surface area contributed by atoms with Crippen LogP contribution in [0.5, 0.6) is 11.5 Å². The smallest absolute Gasteiger partial charge is 0.226 e.